The van der Waals surface area contributed by atoms with E-state index in [2.05, 4.69) is 32.9 Å². The Morgan fingerprint density at radius 2 is 1.76 bits per heavy atom. The highest BCUT2D eigenvalue weighted by Gasteiger charge is 2.38. The maximum absolute atomic E-state index is 10.9. The summed E-state index contributed by atoms with van der Waals surface area (Å²) in [7, 11) is 0. The van der Waals surface area contributed by atoms with Gasteiger partial charge in [0.25, 0.3) is 0 Å². The van der Waals surface area contributed by atoms with E-state index in [-0.39, 0.29) is 0 Å². The van der Waals surface area contributed by atoms with Crippen molar-refractivity contribution >= 4 is 11.3 Å². The summed E-state index contributed by atoms with van der Waals surface area (Å²) in [5, 5.41) is 10.9. The fraction of sp³-hybridized carbons (Fsp3) is 0.733. The normalized spacial score (nSPS) is 33.4. The molecule has 96 valence electrons. The molecule has 0 radical (unpaired) electrons. The van der Waals surface area contributed by atoms with Crippen molar-refractivity contribution in [3.63, 3.8) is 0 Å². The van der Waals surface area contributed by atoms with Crippen LogP contribution in [0.3, 0.4) is 0 Å². The van der Waals surface area contributed by atoms with Crippen LogP contribution in [0.15, 0.2) is 12.1 Å². The summed E-state index contributed by atoms with van der Waals surface area (Å²) in [5.74, 6) is 1.91. The van der Waals surface area contributed by atoms with Crippen LogP contribution in [-0.2, 0) is 5.60 Å². The first kappa shape index (κ1) is 13.1. The molecule has 0 bridgehead atoms. The Labute approximate surface area is 109 Å². The van der Waals surface area contributed by atoms with Gasteiger partial charge in [-0.25, -0.2) is 0 Å². The molecule has 2 heteroatoms. The molecule has 1 heterocycles. The van der Waals surface area contributed by atoms with E-state index in [1.807, 2.05) is 6.92 Å². The van der Waals surface area contributed by atoms with Gasteiger partial charge < -0.3 is 5.11 Å². The van der Waals surface area contributed by atoms with Gasteiger partial charge in [0.2, 0.25) is 0 Å². The van der Waals surface area contributed by atoms with Crippen molar-refractivity contribution in [1.29, 1.82) is 0 Å². The summed E-state index contributed by atoms with van der Waals surface area (Å²) in [4.78, 5) is 2.43. The lowest BCUT2D eigenvalue weighted by atomic mass is 9.70. The van der Waals surface area contributed by atoms with Gasteiger partial charge in [-0.05, 0) is 63.0 Å². The van der Waals surface area contributed by atoms with Crippen molar-refractivity contribution in [2.45, 2.75) is 52.6 Å². The predicted molar refractivity (Wildman–Crippen MR) is 74.3 cm³/mol. The van der Waals surface area contributed by atoms with E-state index >= 15 is 0 Å². The van der Waals surface area contributed by atoms with Gasteiger partial charge in [-0.1, -0.05) is 13.8 Å². The highest BCUT2D eigenvalue weighted by Crippen LogP contribution is 2.44. The molecule has 1 aliphatic carbocycles. The standard InChI is InChI=1S/C15H24OS/c1-10-7-11(2)9-13(8-10)15(4,16)14-6-5-12(3)17-14/h5-6,10-11,13,16H,7-9H2,1-4H3. The molecule has 0 aliphatic heterocycles. The Morgan fingerprint density at radius 1 is 1.18 bits per heavy atom. The lowest BCUT2D eigenvalue weighted by Crippen LogP contribution is -2.36. The molecule has 1 saturated carbocycles. The van der Waals surface area contributed by atoms with Crippen LogP contribution in [0.2, 0.25) is 0 Å². The zero-order valence-electron chi connectivity index (χ0n) is 11.4. The quantitative estimate of drug-likeness (QED) is 0.830. The van der Waals surface area contributed by atoms with Gasteiger partial charge in [0, 0.05) is 9.75 Å². The summed E-state index contributed by atoms with van der Waals surface area (Å²) in [6.45, 7) is 8.75. The van der Waals surface area contributed by atoms with Crippen molar-refractivity contribution in [1.82, 2.24) is 0 Å². The highest BCUT2D eigenvalue weighted by molar-refractivity contribution is 7.12. The van der Waals surface area contributed by atoms with Gasteiger partial charge in [0.1, 0.15) is 0 Å². The van der Waals surface area contributed by atoms with E-state index in [4.69, 9.17) is 0 Å². The molecule has 1 aromatic rings. The maximum atomic E-state index is 10.9. The lowest BCUT2D eigenvalue weighted by Gasteiger charge is -2.40. The Hall–Kier alpha value is -0.340. The molecule has 17 heavy (non-hydrogen) atoms. The summed E-state index contributed by atoms with van der Waals surface area (Å²) in [5.41, 5.74) is -0.637. The number of aliphatic hydroxyl groups is 1. The second-order valence-corrected chi connectivity index (χ2v) is 7.46. The van der Waals surface area contributed by atoms with Crippen LogP contribution in [0.1, 0.15) is 49.8 Å². The van der Waals surface area contributed by atoms with Gasteiger partial charge in [-0.15, -0.1) is 11.3 Å². The Kier molecular flexibility index (Phi) is 3.65. The fourth-order valence-corrected chi connectivity index (χ4v) is 4.31. The van der Waals surface area contributed by atoms with E-state index in [0.717, 1.165) is 29.6 Å². The predicted octanol–water partition coefficient (Wildman–Crippen LogP) is 4.34. The van der Waals surface area contributed by atoms with Crippen molar-refractivity contribution in [3.8, 4) is 0 Å². The molecule has 2 rings (SSSR count). The monoisotopic (exact) mass is 252 g/mol. The van der Waals surface area contributed by atoms with Gasteiger partial charge >= 0.3 is 0 Å². The van der Waals surface area contributed by atoms with Crippen LogP contribution >= 0.6 is 11.3 Å². The second-order valence-electron chi connectivity index (χ2n) is 6.17. The molecule has 0 saturated heterocycles. The molecule has 1 N–H and O–H groups in total. The number of aryl methyl sites for hydroxylation is 1. The Balaban J connectivity index is 2.19. The first-order valence-corrected chi connectivity index (χ1v) is 7.50. The third-order valence-corrected chi connectivity index (χ3v) is 5.44. The molecule has 1 fully saturated rings. The van der Waals surface area contributed by atoms with Crippen LogP contribution in [0.5, 0.6) is 0 Å². The zero-order valence-corrected chi connectivity index (χ0v) is 12.2. The van der Waals surface area contributed by atoms with Crippen LogP contribution in [0.4, 0.5) is 0 Å². The van der Waals surface area contributed by atoms with Crippen LogP contribution in [0.25, 0.3) is 0 Å². The minimum atomic E-state index is -0.637. The van der Waals surface area contributed by atoms with E-state index < -0.39 is 5.60 Å². The van der Waals surface area contributed by atoms with Gasteiger partial charge in [-0.2, -0.15) is 0 Å². The maximum Gasteiger partial charge on any atom is 0.0988 e. The average Bonchev–Trinajstić information content (AvgIpc) is 2.64. The van der Waals surface area contributed by atoms with Crippen molar-refractivity contribution in [3.05, 3.63) is 21.9 Å². The zero-order chi connectivity index (χ0) is 12.6. The number of hydrogen-bond acceptors (Lipinski definition) is 2. The smallest absolute Gasteiger partial charge is 0.0988 e. The topological polar surface area (TPSA) is 20.2 Å². The molecule has 1 aromatic heterocycles. The average molecular weight is 252 g/mol. The third kappa shape index (κ3) is 2.74. The van der Waals surface area contributed by atoms with Gasteiger partial charge in [0.05, 0.1) is 5.60 Å². The van der Waals surface area contributed by atoms with E-state index in [1.54, 1.807) is 11.3 Å². The molecule has 3 atom stereocenters. The largest absolute Gasteiger partial charge is 0.384 e. The first-order chi connectivity index (χ1) is 7.89. The molecule has 1 aliphatic rings. The summed E-state index contributed by atoms with van der Waals surface area (Å²) < 4.78 is 0. The molecule has 3 unspecified atom stereocenters. The van der Waals surface area contributed by atoms with E-state index in [9.17, 15) is 5.11 Å². The first-order valence-electron chi connectivity index (χ1n) is 6.69. The number of thiophene rings is 1. The SMILES string of the molecule is Cc1ccc(C(C)(O)C2CC(C)CC(C)C2)s1. The minimum Gasteiger partial charge on any atom is -0.384 e. The lowest BCUT2D eigenvalue weighted by molar-refractivity contribution is -0.0358. The summed E-state index contributed by atoms with van der Waals surface area (Å²) in [6, 6.07) is 4.22. The van der Waals surface area contributed by atoms with Gasteiger partial charge in [-0.3, -0.25) is 0 Å². The second kappa shape index (κ2) is 4.74. The van der Waals surface area contributed by atoms with Crippen LogP contribution in [-0.4, -0.2) is 5.11 Å². The van der Waals surface area contributed by atoms with Crippen LogP contribution < -0.4 is 0 Å². The number of rotatable bonds is 2. The Bertz CT molecular complexity index is 370. The molecule has 0 amide bonds. The minimum absolute atomic E-state index is 0.416. The molecule has 1 nitrogen and oxygen atoms in total. The van der Waals surface area contributed by atoms with Crippen molar-refractivity contribution in [2.24, 2.45) is 17.8 Å². The fourth-order valence-electron chi connectivity index (χ4n) is 3.31. The third-order valence-electron chi connectivity index (χ3n) is 4.21. The van der Waals surface area contributed by atoms with Crippen molar-refractivity contribution in [2.75, 3.05) is 0 Å². The van der Waals surface area contributed by atoms with E-state index in [0.29, 0.717) is 5.92 Å². The van der Waals surface area contributed by atoms with Gasteiger partial charge in [0.15, 0.2) is 0 Å². The van der Waals surface area contributed by atoms with Crippen LogP contribution in [0, 0.1) is 24.7 Å². The molecule has 0 aromatic carbocycles. The van der Waals surface area contributed by atoms with E-state index in [1.165, 1.54) is 11.3 Å². The summed E-state index contributed by atoms with van der Waals surface area (Å²) >= 11 is 1.74. The van der Waals surface area contributed by atoms with Crippen molar-refractivity contribution < 1.29 is 5.11 Å². The Morgan fingerprint density at radius 3 is 2.24 bits per heavy atom. The highest BCUT2D eigenvalue weighted by atomic mass is 32.1. The number of hydrogen-bond donors (Lipinski definition) is 1. The molecule has 0 spiro atoms. The molecular weight excluding hydrogens is 228 g/mol. The molecular formula is C15H24OS. The summed E-state index contributed by atoms with van der Waals surface area (Å²) in [6.07, 6.45) is 3.64.